The van der Waals surface area contributed by atoms with Gasteiger partial charge in [0.15, 0.2) is 0 Å². The van der Waals surface area contributed by atoms with Crippen molar-refractivity contribution in [1.29, 1.82) is 0 Å². The van der Waals surface area contributed by atoms with Crippen LogP contribution in [0.3, 0.4) is 0 Å². The Morgan fingerprint density at radius 3 is 2.38 bits per heavy atom. The van der Waals surface area contributed by atoms with E-state index in [0.717, 1.165) is 31.4 Å². The predicted molar refractivity (Wildman–Crippen MR) is 85.2 cm³/mol. The Kier molecular flexibility index (Phi) is 5.58. The van der Waals surface area contributed by atoms with Gasteiger partial charge in [-0.05, 0) is 57.1 Å². The van der Waals surface area contributed by atoms with Crippen molar-refractivity contribution in [3.8, 4) is 0 Å². The maximum atomic E-state index is 12.4. The highest BCUT2D eigenvalue weighted by Crippen LogP contribution is 2.51. The molecule has 2 rings (SSSR count). The van der Waals surface area contributed by atoms with Gasteiger partial charge in [0.2, 0.25) is 5.91 Å². The van der Waals surface area contributed by atoms with Gasteiger partial charge in [-0.3, -0.25) is 9.59 Å². The maximum absolute atomic E-state index is 12.4. The quantitative estimate of drug-likeness (QED) is 0.707. The summed E-state index contributed by atoms with van der Waals surface area (Å²) in [6, 6.07) is 0.735. The van der Waals surface area contributed by atoms with E-state index >= 15 is 0 Å². The number of hydrogen-bond acceptors (Lipinski definition) is 4. The average molecular weight is 313 g/mol. The second kappa shape index (κ2) is 7.03. The summed E-state index contributed by atoms with van der Waals surface area (Å²) in [5.74, 6) is 1.56. The molecule has 5 heteroatoms. The lowest BCUT2D eigenvalue weighted by Crippen LogP contribution is -2.48. The monoisotopic (exact) mass is 313 g/mol. The molecule has 2 atom stereocenters. The van der Waals surface area contributed by atoms with E-state index in [4.69, 9.17) is 4.74 Å². The first-order valence-corrected chi connectivity index (χ1v) is 9.09. The number of carbonyl (C=O) groups is 2. The normalized spacial score (nSPS) is 27.3. The lowest BCUT2D eigenvalue weighted by molar-refractivity contribution is -0.141. The Morgan fingerprint density at radius 1 is 1.24 bits per heavy atom. The molecule has 1 saturated heterocycles. The first-order chi connectivity index (χ1) is 9.97. The Balaban J connectivity index is 1.75. The minimum atomic E-state index is -0.127. The molecule has 1 saturated carbocycles. The Hall–Kier alpha value is -0.710. The lowest BCUT2D eigenvalue weighted by Gasteiger charge is -2.39. The number of ether oxygens (including phenoxy) is 1. The number of methoxy groups -OCH3 is 1. The van der Waals surface area contributed by atoms with Crippen molar-refractivity contribution in [1.82, 2.24) is 4.90 Å². The van der Waals surface area contributed by atoms with Gasteiger partial charge in [0.1, 0.15) is 0 Å². The standard InChI is InChI=1S/C16H27NO3S/c1-12-5-4-6-13(2)17(12)14(18)10-21-11-16(7-8-16)9-15(19)20-3/h12-13H,4-11H2,1-3H3. The molecule has 1 aliphatic carbocycles. The van der Waals surface area contributed by atoms with Crippen LogP contribution in [0.15, 0.2) is 0 Å². The van der Waals surface area contributed by atoms with E-state index in [9.17, 15) is 9.59 Å². The van der Waals surface area contributed by atoms with E-state index in [1.165, 1.54) is 13.5 Å². The number of hydrogen-bond donors (Lipinski definition) is 0. The van der Waals surface area contributed by atoms with Crippen molar-refractivity contribution in [3.63, 3.8) is 0 Å². The molecule has 1 heterocycles. The molecule has 1 aliphatic heterocycles. The van der Waals surface area contributed by atoms with Crippen LogP contribution in [0.4, 0.5) is 0 Å². The van der Waals surface area contributed by atoms with Gasteiger partial charge in [0.25, 0.3) is 0 Å². The molecular formula is C16H27NO3S. The number of amides is 1. The minimum Gasteiger partial charge on any atom is -0.469 e. The van der Waals surface area contributed by atoms with Crippen LogP contribution in [0.2, 0.25) is 0 Å². The smallest absolute Gasteiger partial charge is 0.306 e. The van der Waals surface area contributed by atoms with E-state index in [1.54, 1.807) is 11.8 Å². The summed E-state index contributed by atoms with van der Waals surface area (Å²) in [7, 11) is 1.44. The van der Waals surface area contributed by atoms with Crippen LogP contribution < -0.4 is 0 Å². The molecule has 0 spiro atoms. The topological polar surface area (TPSA) is 46.6 Å². The zero-order valence-corrected chi connectivity index (χ0v) is 14.2. The van der Waals surface area contributed by atoms with E-state index in [0.29, 0.717) is 24.3 Å². The zero-order valence-electron chi connectivity index (χ0n) is 13.4. The number of rotatable bonds is 6. The molecule has 120 valence electrons. The third-order valence-corrected chi connectivity index (χ3v) is 6.09. The number of piperidine rings is 1. The van der Waals surface area contributed by atoms with Gasteiger partial charge in [-0.2, -0.15) is 11.8 Å². The Bertz CT molecular complexity index is 385. The molecule has 4 nitrogen and oxygen atoms in total. The molecule has 0 bridgehead atoms. The fourth-order valence-corrected chi connectivity index (χ4v) is 4.52. The Labute approximate surface area is 132 Å². The number of carbonyl (C=O) groups excluding carboxylic acids is 2. The van der Waals surface area contributed by atoms with Crippen molar-refractivity contribution in [3.05, 3.63) is 0 Å². The first-order valence-electron chi connectivity index (χ1n) is 7.93. The molecule has 0 N–H and O–H groups in total. The summed E-state index contributed by atoms with van der Waals surface area (Å²) in [5.41, 5.74) is 0.108. The summed E-state index contributed by atoms with van der Waals surface area (Å²) < 4.78 is 4.75. The van der Waals surface area contributed by atoms with Crippen LogP contribution in [0, 0.1) is 5.41 Å². The summed E-state index contributed by atoms with van der Waals surface area (Å²) in [6.07, 6.45) is 6.13. The molecule has 1 amide bonds. The molecule has 2 aliphatic rings. The number of esters is 1. The Morgan fingerprint density at radius 2 is 1.86 bits per heavy atom. The SMILES string of the molecule is COC(=O)CC1(CSCC(=O)N2C(C)CCCC2C)CC1. The van der Waals surface area contributed by atoms with Gasteiger partial charge >= 0.3 is 5.97 Å². The average Bonchev–Trinajstić information content (AvgIpc) is 3.18. The lowest BCUT2D eigenvalue weighted by atomic mass is 9.98. The summed E-state index contributed by atoms with van der Waals surface area (Å²) in [4.78, 5) is 25.9. The first kappa shape index (κ1) is 16.7. The van der Waals surface area contributed by atoms with Gasteiger partial charge in [-0.15, -0.1) is 0 Å². The van der Waals surface area contributed by atoms with Crippen LogP contribution in [-0.4, -0.2) is 47.5 Å². The predicted octanol–water partition coefficient (Wildman–Crippen LogP) is 2.85. The van der Waals surface area contributed by atoms with E-state index in [-0.39, 0.29) is 17.3 Å². The fourth-order valence-electron chi connectivity index (χ4n) is 3.27. The third-order valence-electron chi connectivity index (χ3n) is 4.82. The van der Waals surface area contributed by atoms with E-state index in [2.05, 4.69) is 18.7 Å². The largest absolute Gasteiger partial charge is 0.469 e. The molecule has 2 unspecified atom stereocenters. The molecular weight excluding hydrogens is 286 g/mol. The molecule has 21 heavy (non-hydrogen) atoms. The van der Waals surface area contributed by atoms with Crippen LogP contribution in [-0.2, 0) is 14.3 Å². The van der Waals surface area contributed by atoms with Gasteiger partial charge in [-0.25, -0.2) is 0 Å². The minimum absolute atomic E-state index is 0.108. The fraction of sp³-hybridized carbons (Fsp3) is 0.875. The maximum Gasteiger partial charge on any atom is 0.306 e. The highest BCUT2D eigenvalue weighted by atomic mass is 32.2. The molecule has 0 aromatic heterocycles. The van der Waals surface area contributed by atoms with Crippen molar-refractivity contribution in [2.24, 2.45) is 5.41 Å². The number of nitrogens with zero attached hydrogens (tertiary/aromatic N) is 1. The van der Waals surface area contributed by atoms with Crippen molar-refractivity contribution in [2.45, 2.75) is 64.5 Å². The molecule has 0 radical (unpaired) electrons. The van der Waals surface area contributed by atoms with Crippen LogP contribution in [0.25, 0.3) is 0 Å². The second-order valence-corrected chi connectivity index (χ2v) is 7.66. The highest BCUT2D eigenvalue weighted by Gasteiger charge is 2.44. The van der Waals surface area contributed by atoms with Crippen LogP contribution in [0.5, 0.6) is 0 Å². The third kappa shape index (κ3) is 4.38. The number of likely N-dealkylation sites (tertiary alicyclic amines) is 1. The van der Waals surface area contributed by atoms with Gasteiger partial charge in [-0.1, -0.05) is 0 Å². The van der Waals surface area contributed by atoms with Crippen LogP contribution >= 0.6 is 11.8 Å². The molecule has 2 fully saturated rings. The van der Waals surface area contributed by atoms with Crippen molar-refractivity contribution < 1.29 is 14.3 Å². The van der Waals surface area contributed by atoms with Gasteiger partial charge in [0, 0.05) is 12.1 Å². The second-order valence-electron chi connectivity index (χ2n) is 6.68. The van der Waals surface area contributed by atoms with E-state index in [1.807, 2.05) is 0 Å². The van der Waals surface area contributed by atoms with E-state index < -0.39 is 0 Å². The van der Waals surface area contributed by atoms with Crippen LogP contribution in [0.1, 0.15) is 52.4 Å². The van der Waals surface area contributed by atoms with Gasteiger partial charge in [0.05, 0.1) is 19.3 Å². The van der Waals surface area contributed by atoms with Crippen molar-refractivity contribution in [2.75, 3.05) is 18.6 Å². The molecule has 0 aromatic rings. The summed E-state index contributed by atoms with van der Waals surface area (Å²) in [5, 5.41) is 0. The highest BCUT2D eigenvalue weighted by molar-refractivity contribution is 7.99. The summed E-state index contributed by atoms with van der Waals surface area (Å²) >= 11 is 1.68. The number of thioether (sulfide) groups is 1. The summed E-state index contributed by atoms with van der Waals surface area (Å²) in [6.45, 7) is 4.30. The zero-order chi connectivity index (χ0) is 15.5. The van der Waals surface area contributed by atoms with Gasteiger partial charge < -0.3 is 9.64 Å². The van der Waals surface area contributed by atoms with Crippen molar-refractivity contribution >= 4 is 23.6 Å². The molecule has 0 aromatic carbocycles.